The summed E-state index contributed by atoms with van der Waals surface area (Å²) in [5.74, 6) is 0.930. The van der Waals surface area contributed by atoms with Crippen LogP contribution < -0.4 is 0 Å². The van der Waals surface area contributed by atoms with Crippen LogP contribution >= 0.6 is 15.9 Å². The van der Waals surface area contributed by atoms with Crippen LogP contribution in [-0.2, 0) is 0 Å². The van der Waals surface area contributed by atoms with Crippen LogP contribution in [0.15, 0.2) is 28.7 Å². The summed E-state index contributed by atoms with van der Waals surface area (Å²) >= 11 is 3.41. The van der Waals surface area contributed by atoms with Gasteiger partial charge < -0.3 is 0 Å². The molecule has 0 N–H and O–H groups in total. The number of carbonyl (C=O) groups is 1. The maximum absolute atomic E-state index is 12.2. The van der Waals surface area contributed by atoms with E-state index in [0.717, 1.165) is 23.1 Å². The molecule has 1 heterocycles. The Labute approximate surface area is 124 Å². The van der Waals surface area contributed by atoms with Gasteiger partial charge in [0, 0.05) is 29.0 Å². The monoisotopic (exact) mass is 323 g/mol. The predicted octanol–water partition coefficient (Wildman–Crippen LogP) is 4.14. The highest BCUT2D eigenvalue weighted by atomic mass is 79.9. The first-order chi connectivity index (χ1) is 9.08. The van der Waals surface area contributed by atoms with E-state index in [1.54, 1.807) is 0 Å². The Morgan fingerprint density at radius 2 is 2.26 bits per heavy atom. The number of ketones is 1. The number of benzene rings is 1. The molecule has 1 aliphatic heterocycles. The van der Waals surface area contributed by atoms with Gasteiger partial charge in [-0.2, -0.15) is 0 Å². The molecule has 2 nitrogen and oxygen atoms in total. The van der Waals surface area contributed by atoms with Crippen LogP contribution in [0.3, 0.4) is 0 Å². The lowest BCUT2D eigenvalue weighted by Gasteiger charge is -2.27. The topological polar surface area (TPSA) is 20.3 Å². The number of hydrogen-bond donors (Lipinski definition) is 0. The minimum atomic E-state index is 0.246. The molecule has 0 radical (unpaired) electrons. The van der Waals surface area contributed by atoms with Crippen molar-refractivity contribution >= 4 is 21.7 Å². The maximum atomic E-state index is 12.2. The Kier molecular flexibility index (Phi) is 5.17. The Hall–Kier alpha value is -0.670. The minimum Gasteiger partial charge on any atom is -0.300 e. The van der Waals surface area contributed by atoms with Gasteiger partial charge in [-0.15, -0.1) is 0 Å². The predicted molar refractivity (Wildman–Crippen MR) is 82.5 cm³/mol. The van der Waals surface area contributed by atoms with Gasteiger partial charge in [-0.05, 0) is 37.4 Å². The number of rotatable bonds is 5. The van der Waals surface area contributed by atoms with Crippen molar-refractivity contribution in [2.45, 2.75) is 39.2 Å². The lowest BCUT2D eigenvalue weighted by Crippen LogP contribution is -2.35. The molecule has 2 rings (SSSR count). The van der Waals surface area contributed by atoms with Gasteiger partial charge in [0.05, 0.1) is 0 Å². The summed E-state index contributed by atoms with van der Waals surface area (Å²) in [4.78, 5) is 14.7. The zero-order chi connectivity index (χ0) is 13.8. The van der Waals surface area contributed by atoms with Crippen LogP contribution in [0.1, 0.15) is 43.5 Å². The standard InChI is InChI=1S/C16H22BrNO/c1-12(2)15-7-4-9-18(15)10-8-16(19)13-5-3-6-14(17)11-13/h3,5-6,11-12,15H,4,7-10H2,1-2H3. The van der Waals surface area contributed by atoms with Gasteiger partial charge in [0.1, 0.15) is 0 Å². The van der Waals surface area contributed by atoms with Crippen molar-refractivity contribution in [3.8, 4) is 0 Å². The summed E-state index contributed by atoms with van der Waals surface area (Å²) < 4.78 is 0.972. The second-order valence-electron chi connectivity index (χ2n) is 5.67. The smallest absolute Gasteiger partial charge is 0.164 e. The zero-order valence-corrected chi connectivity index (χ0v) is 13.3. The van der Waals surface area contributed by atoms with E-state index in [4.69, 9.17) is 0 Å². The van der Waals surface area contributed by atoms with Crippen LogP contribution in [0, 0.1) is 5.92 Å². The fourth-order valence-corrected chi connectivity index (χ4v) is 3.34. The van der Waals surface area contributed by atoms with E-state index in [1.165, 1.54) is 12.8 Å². The quantitative estimate of drug-likeness (QED) is 0.759. The molecule has 0 bridgehead atoms. The fraction of sp³-hybridized carbons (Fsp3) is 0.562. The maximum Gasteiger partial charge on any atom is 0.164 e. The lowest BCUT2D eigenvalue weighted by molar-refractivity contribution is 0.0954. The fourth-order valence-electron chi connectivity index (χ4n) is 2.94. The molecule has 1 fully saturated rings. The molecule has 1 aromatic rings. The molecule has 1 aromatic carbocycles. The van der Waals surface area contributed by atoms with Crippen molar-refractivity contribution in [3.05, 3.63) is 34.3 Å². The number of carbonyl (C=O) groups excluding carboxylic acids is 1. The van der Waals surface area contributed by atoms with Crippen LogP contribution in [0.2, 0.25) is 0 Å². The van der Waals surface area contributed by atoms with E-state index in [0.29, 0.717) is 18.4 Å². The lowest BCUT2D eigenvalue weighted by atomic mass is 10.0. The van der Waals surface area contributed by atoms with Crippen molar-refractivity contribution < 1.29 is 4.79 Å². The van der Waals surface area contributed by atoms with Crippen LogP contribution in [0.4, 0.5) is 0 Å². The second-order valence-corrected chi connectivity index (χ2v) is 6.59. The molecule has 104 valence electrons. The summed E-state index contributed by atoms with van der Waals surface area (Å²) in [6.07, 6.45) is 3.18. The summed E-state index contributed by atoms with van der Waals surface area (Å²) in [7, 11) is 0. The first kappa shape index (κ1) is 14.7. The number of Topliss-reactive ketones (excluding diaryl/α,β-unsaturated/α-hetero) is 1. The van der Waals surface area contributed by atoms with Gasteiger partial charge in [-0.25, -0.2) is 0 Å². The summed E-state index contributed by atoms with van der Waals surface area (Å²) in [5.41, 5.74) is 0.815. The number of nitrogens with zero attached hydrogens (tertiary/aromatic N) is 1. The summed E-state index contributed by atoms with van der Waals surface area (Å²) in [5, 5.41) is 0. The molecule has 0 saturated carbocycles. The Balaban J connectivity index is 1.90. The molecule has 1 saturated heterocycles. The van der Waals surface area contributed by atoms with Gasteiger partial charge in [0.25, 0.3) is 0 Å². The normalized spacial score (nSPS) is 20.1. The molecule has 19 heavy (non-hydrogen) atoms. The van der Waals surface area contributed by atoms with E-state index >= 15 is 0 Å². The molecular weight excluding hydrogens is 302 g/mol. The van der Waals surface area contributed by atoms with Gasteiger partial charge >= 0.3 is 0 Å². The first-order valence-electron chi connectivity index (χ1n) is 7.10. The average Bonchev–Trinajstić information content (AvgIpc) is 2.84. The minimum absolute atomic E-state index is 0.246. The SMILES string of the molecule is CC(C)C1CCCN1CCC(=O)c1cccc(Br)c1. The van der Waals surface area contributed by atoms with E-state index in [-0.39, 0.29) is 5.78 Å². The first-order valence-corrected chi connectivity index (χ1v) is 7.90. The van der Waals surface area contributed by atoms with Crippen molar-refractivity contribution in [1.29, 1.82) is 0 Å². The van der Waals surface area contributed by atoms with Crippen LogP contribution in [0.25, 0.3) is 0 Å². The molecule has 0 amide bonds. The third-order valence-electron chi connectivity index (χ3n) is 3.96. The molecule has 1 aliphatic rings. The van der Waals surface area contributed by atoms with Crippen LogP contribution in [0.5, 0.6) is 0 Å². The van der Waals surface area contributed by atoms with Crippen molar-refractivity contribution in [1.82, 2.24) is 4.90 Å². The Morgan fingerprint density at radius 3 is 2.95 bits per heavy atom. The van der Waals surface area contributed by atoms with E-state index in [1.807, 2.05) is 24.3 Å². The summed E-state index contributed by atoms with van der Waals surface area (Å²) in [6.45, 7) is 6.60. The van der Waals surface area contributed by atoms with Crippen molar-refractivity contribution in [3.63, 3.8) is 0 Å². The van der Waals surface area contributed by atoms with E-state index in [9.17, 15) is 4.79 Å². The molecular formula is C16H22BrNO. The van der Waals surface area contributed by atoms with Gasteiger partial charge in [-0.1, -0.05) is 41.9 Å². The molecule has 1 atom stereocenters. The van der Waals surface area contributed by atoms with Crippen molar-refractivity contribution in [2.24, 2.45) is 5.92 Å². The molecule has 0 aliphatic carbocycles. The number of hydrogen-bond acceptors (Lipinski definition) is 2. The molecule has 0 aromatic heterocycles. The number of halogens is 1. The highest BCUT2D eigenvalue weighted by Crippen LogP contribution is 2.24. The summed E-state index contributed by atoms with van der Waals surface area (Å²) in [6, 6.07) is 8.34. The third-order valence-corrected chi connectivity index (χ3v) is 4.45. The Bertz CT molecular complexity index is 444. The second kappa shape index (κ2) is 6.67. The van der Waals surface area contributed by atoms with E-state index < -0.39 is 0 Å². The van der Waals surface area contributed by atoms with Gasteiger partial charge in [-0.3, -0.25) is 9.69 Å². The molecule has 3 heteroatoms. The van der Waals surface area contributed by atoms with Crippen molar-refractivity contribution in [2.75, 3.05) is 13.1 Å². The van der Waals surface area contributed by atoms with Gasteiger partial charge in [0.2, 0.25) is 0 Å². The average molecular weight is 324 g/mol. The van der Waals surface area contributed by atoms with E-state index in [2.05, 4.69) is 34.7 Å². The largest absolute Gasteiger partial charge is 0.300 e. The number of likely N-dealkylation sites (tertiary alicyclic amines) is 1. The molecule has 1 unspecified atom stereocenters. The third kappa shape index (κ3) is 3.90. The van der Waals surface area contributed by atoms with Gasteiger partial charge in [0.15, 0.2) is 5.78 Å². The highest BCUT2D eigenvalue weighted by Gasteiger charge is 2.26. The highest BCUT2D eigenvalue weighted by molar-refractivity contribution is 9.10. The Morgan fingerprint density at radius 1 is 1.47 bits per heavy atom. The molecule has 0 spiro atoms. The van der Waals surface area contributed by atoms with Crippen LogP contribution in [-0.4, -0.2) is 29.8 Å². The zero-order valence-electron chi connectivity index (χ0n) is 11.7.